The van der Waals surface area contributed by atoms with Crippen LogP contribution in [0.1, 0.15) is 35.1 Å². The standard InChI is InChI=1S/C28H28N2/c1-22(23-14-6-2-7-15-23)27(24-16-8-3-9-17-24,25-18-10-4-11-19-25)28(29,30)26-20-12-5-13-21-26/h2-22H,29-30H2,1H3. The molecule has 2 nitrogen and oxygen atoms in total. The van der Waals surface area contributed by atoms with E-state index in [0.717, 1.165) is 16.7 Å². The van der Waals surface area contributed by atoms with Crippen LogP contribution in [0.4, 0.5) is 0 Å². The summed E-state index contributed by atoms with van der Waals surface area (Å²) in [5.41, 5.74) is 16.8. The lowest BCUT2D eigenvalue weighted by atomic mass is 9.56. The van der Waals surface area contributed by atoms with Crippen molar-refractivity contribution in [1.29, 1.82) is 0 Å². The molecule has 1 unspecified atom stereocenters. The summed E-state index contributed by atoms with van der Waals surface area (Å²) in [6.45, 7) is 2.23. The third-order valence-corrected chi connectivity index (χ3v) is 6.31. The topological polar surface area (TPSA) is 52.0 Å². The minimum atomic E-state index is -1.16. The van der Waals surface area contributed by atoms with Gasteiger partial charge in [-0.05, 0) is 28.2 Å². The van der Waals surface area contributed by atoms with Crippen LogP contribution in [0, 0.1) is 0 Å². The maximum absolute atomic E-state index is 7.20. The molecule has 0 aliphatic heterocycles. The van der Waals surface area contributed by atoms with Crippen LogP contribution in [-0.4, -0.2) is 0 Å². The lowest BCUT2D eigenvalue weighted by Gasteiger charge is -2.51. The Hall–Kier alpha value is -3.20. The van der Waals surface area contributed by atoms with Gasteiger partial charge in [-0.15, -0.1) is 0 Å². The molecule has 0 fully saturated rings. The third-order valence-electron chi connectivity index (χ3n) is 6.31. The zero-order valence-electron chi connectivity index (χ0n) is 17.3. The fraction of sp³-hybridized carbons (Fsp3) is 0.143. The molecule has 0 amide bonds. The Morgan fingerprint density at radius 2 is 0.833 bits per heavy atom. The summed E-state index contributed by atoms with van der Waals surface area (Å²) in [4.78, 5) is 0. The molecule has 30 heavy (non-hydrogen) atoms. The number of hydrogen-bond acceptors (Lipinski definition) is 2. The molecule has 0 radical (unpaired) electrons. The first-order valence-corrected chi connectivity index (χ1v) is 10.4. The minimum absolute atomic E-state index is 0.0127. The fourth-order valence-corrected chi connectivity index (χ4v) is 4.84. The van der Waals surface area contributed by atoms with Crippen molar-refractivity contribution in [3.8, 4) is 0 Å². The normalized spacial score (nSPS) is 13.0. The van der Waals surface area contributed by atoms with E-state index in [4.69, 9.17) is 11.5 Å². The molecule has 0 bridgehead atoms. The van der Waals surface area contributed by atoms with Gasteiger partial charge >= 0.3 is 0 Å². The lowest BCUT2D eigenvalue weighted by molar-refractivity contribution is 0.231. The Balaban J connectivity index is 2.09. The van der Waals surface area contributed by atoms with Gasteiger partial charge < -0.3 is 11.5 Å². The monoisotopic (exact) mass is 392 g/mol. The van der Waals surface area contributed by atoms with Crippen LogP contribution in [0.3, 0.4) is 0 Å². The van der Waals surface area contributed by atoms with Crippen LogP contribution < -0.4 is 11.5 Å². The van der Waals surface area contributed by atoms with Gasteiger partial charge in [0.2, 0.25) is 0 Å². The largest absolute Gasteiger partial charge is 0.309 e. The number of hydrogen-bond donors (Lipinski definition) is 2. The van der Waals surface area contributed by atoms with Crippen molar-refractivity contribution in [2.45, 2.75) is 23.9 Å². The van der Waals surface area contributed by atoms with E-state index in [1.54, 1.807) is 0 Å². The summed E-state index contributed by atoms with van der Waals surface area (Å²) in [7, 11) is 0. The first-order valence-electron chi connectivity index (χ1n) is 10.4. The molecule has 0 aromatic heterocycles. The molecular weight excluding hydrogens is 364 g/mol. The quantitative estimate of drug-likeness (QED) is 0.423. The molecular formula is C28H28N2. The molecule has 2 heteroatoms. The van der Waals surface area contributed by atoms with Gasteiger partial charge in [0.25, 0.3) is 0 Å². The van der Waals surface area contributed by atoms with Gasteiger partial charge in [0.15, 0.2) is 0 Å². The predicted molar refractivity (Wildman–Crippen MR) is 125 cm³/mol. The van der Waals surface area contributed by atoms with Gasteiger partial charge in [-0.25, -0.2) is 0 Å². The highest BCUT2D eigenvalue weighted by Gasteiger charge is 2.54. The summed E-state index contributed by atoms with van der Waals surface area (Å²) in [5.74, 6) is 0.0127. The van der Waals surface area contributed by atoms with E-state index in [1.807, 2.05) is 48.5 Å². The van der Waals surface area contributed by atoms with E-state index in [1.165, 1.54) is 5.56 Å². The second-order valence-electron chi connectivity index (χ2n) is 7.91. The molecule has 150 valence electrons. The van der Waals surface area contributed by atoms with E-state index < -0.39 is 11.1 Å². The summed E-state index contributed by atoms with van der Waals surface area (Å²) in [5, 5.41) is 0. The van der Waals surface area contributed by atoms with Gasteiger partial charge in [0.05, 0.1) is 5.41 Å². The fourth-order valence-electron chi connectivity index (χ4n) is 4.84. The summed E-state index contributed by atoms with van der Waals surface area (Å²) >= 11 is 0. The van der Waals surface area contributed by atoms with Crippen LogP contribution in [0.2, 0.25) is 0 Å². The average molecular weight is 393 g/mol. The second-order valence-corrected chi connectivity index (χ2v) is 7.91. The summed E-state index contributed by atoms with van der Waals surface area (Å²) < 4.78 is 0. The lowest BCUT2D eigenvalue weighted by Crippen LogP contribution is -2.64. The predicted octanol–water partition coefficient (Wildman–Crippen LogP) is 5.55. The van der Waals surface area contributed by atoms with Crippen molar-refractivity contribution in [2.24, 2.45) is 11.5 Å². The van der Waals surface area contributed by atoms with Crippen LogP contribution in [-0.2, 0) is 11.1 Å². The van der Waals surface area contributed by atoms with E-state index in [0.29, 0.717) is 0 Å². The molecule has 0 aliphatic carbocycles. The molecule has 0 spiro atoms. The van der Waals surface area contributed by atoms with Crippen LogP contribution in [0.5, 0.6) is 0 Å². The van der Waals surface area contributed by atoms with E-state index in [9.17, 15) is 0 Å². The molecule has 0 saturated carbocycles. The number of rotatable bonds is 6. The minimum Gasteiger partial charge on any atom is -0.309 e. The molecule has 0 heterocycles. The smallest absolute Gasteiger partial charge is 0.105 e. The van der Waals surface area contributed by atoms with Crippen LogP contribution in [0.25, 0.3) is 0 Å². The maximum Gasteiger partial charge on any atom is 0.105 e. The van der Waals surface area contributed by atoms with Gasteiger partial charge in [-0.2, -0.15) is 0 Å². The van der Waals surface area contributed by atoms with Crippen LogP contribution in [0.15, 0.2) is 121 Å². The van der Waals surface area contributed by atoms with Gasteiger partial charge in [0, 0.05) is 0 Å². The molecule has 0 aliphatic rings. The molecule has 4 aromatic carbocycles. The van der Waals surface area contributed by atoms with E-state index >= 15 is 0 Å². The zero-order valence-corrected chi connectivity index (χ0v) is 17.3. The van der Waals surface area contributed by atoms with Crippen molar-refractivity contribution in [3.05, 3.63) is 144 Å². The molecule has 4 rings (SSSR count). The van der Waals surface area contributed by atoms with Crippen molar-refractivity contribution in [1.82, 2.24) is 0 Å². The average Bonchev–Trinajstić information content (AvgIpc) is 2.82. The Bertz CT molecular complexity index is 1020. The Kier molecular flexibility index (Phi) is 5.54. The van der Waals surface area contributed by atoms with E-state index in [-0.39, 0.29) is 5.92 Å². The summed E-state index contributed by atoms with van der Waals surface area (Å²) in [6, 6.07) is 41.4. The highest BCUT2D eigenvalue weighted by atomic mass is 15.0. The molecule has 4 aromatic rings. The van der Waals surface area contributed by atoms with Crippen molar-refractivity contribution in [3.63, 3.8) is 0 Å². The van der Waals surface area contributed by atoms with Crippen LogP contribution >= 0.6 is 0 Å². The van der Waals surface area contributed by atoms with E-state index in [2.05, 4.69) is 79.7 Å². The van der Waals surface area contributed by atoms with Gasteiger partial charge in [0.1, 0.15) is 5.66 Å². The SMILES string of the molecule is CC(c1ccccc1)C(c1ccccc1)(c1ccccc1)C(N)(N)c1ccccc1. The van der Waals surface area contributed by atoms with Crippen molar-refractivity contribution < 1.29 is 0 Å². The molecule has 4 N–H and O–H groups in total. The Morgan fingerprint density at radius 3 is 1.23 bits per heavy atom. The van der Waals surface area contributed by atoms with Gasteiger partial charge in [-0.3, -0.25) is 0 Å². The molecule has 1 atom stereocenters. The van der Waals surface area contributed by atoms with Gasteiger partial charge in [-0.1, -0.05) is 128 Å². The van der Waals surface area contributed by atoms with Crippen molar-refractivity contribution in [2.75, 3.05) is 0 Å². The number of nitrogens with two attached hydrogens (primary N) is 2. The highest BCUT2D eigenvalue weighted by Crippen LogP contribution is 2.52. The summed E-state index contributed by atoms with van der Waals surface area (Å²) in [6.07, 6.45) is 0. The first-order chi connectivity index (χ1) is 14.6. The Morgan fingerprint density at radius 1 is 0.500 bits per heavy atom. The highest BCUT2D eigenvalue weighted by molar-refractivity contribution is 5.51. The number of benzene rings is 4. The zero-order chi connectivity index (χ0) is 21.0. The first kappa shape index (κ1) is 20.1. The molecule has 0 saturated heterocycles. The Labute approximate surface area is 179 Å². The second kappa shape index (κ2) is 8.27. The maximum atomic E-state index is 7.20. The van der Waals surface area contributed by atoms with Crippen molar-refractivity contribution >= 4 is 0 Å². The third kappa shape index (κ3) is 3.24.